The number of amides is 1. The summed E-state index contributed by atoms with van der Waals surface area (Å²) in [6, 6.07) is 0. The van der Waals surface area contributed by atoms with Gasteiger partial charge in [-0.2, -0.15) is 5.10 Å². The first-order chi connectivity index (χ1) is 8.03. The van der Waals surface area contributed by atoms with Crippen LogP contribution in [0.25, 0.3) is 0 Å². The van der Waals surface area contributed by atoms with Gasteiger partial charge in [-0.25, -0.2) is 0 Å². The van der Waals surface area contributed by atoms with Crippen LogP contribution in [0.2, 0.25) is 0 Å². The minimum atomic E-state index is -0.824. The number of rotatable bonds is 4. The van der Waals surface area contributed by atoms with Crippen LogP contribution in [0.15, 0.2) is 12.4 Å². The van der Waals surface area contributed by atoms with E-state index in [1.165, 1.54) is 10.9 Å². The Morgan fingerprint density at radius 2 is 2.29 bits per heavy atom. The van der Waals surface area contributed by atoms with E-state index in [0.717, 1.165) is 6.42 Å². The summed E-state index contributed by atoms with van der Waals surface area (Å²) < 4.78 is 1.53. The standard InChI is InChI=1S/C11H15N3O3/c1-14-6-8(5-13-14)9(15)12-7-11(10(16)17)3-2-4-11/h5-6H,2-4,7H2,1H3,(H,12,15)(H,16,17). The Labute approximate surface area is 98.6 Å². The fourth-order valence-electron chi connectivity index (χ4n) is 1.96. The maximum absolute atomic E-state index is 11.7. The molecular formula is C11H15N3O3. The van der Waals surface area contributed by atoms with E-state index in [9.17, 15) is 9.59 Å². The molecule has 0 unspecified atom stereocenters. The molecule has 1 fully saturated rings. The highest BCUT2D eigenvalue weighted by molar-refractivity contribution is 5.94. The van der Waals surface area contributed by atoms with Gasteiger partial charge in [-0.3, -0.25) is 14.3 Å². The van der Waals surface area contributed by atoms with Gasteiger partial charge in [0, 0.05) is 19.8 Å². The van der Waals surface area contributed by atoms with Crippen LogP contribution in [-0.2, 0) is 11.8 Å². The van der Waals surface area contributed by atoms with Gasteiger partial charge >= 0.3 is 5.97 Å². The quantitative estimate of drug-likeness (QED) is 0.794. The van der Waals surface area contributed by atoms with Crippen LogP contribution in [0, 0.1) is 5.41 Å². The first-order valence-electron chi connectivity index (χ1n) is 5.54. The highest BCUT2D eigenvalue weighted by atomic mass is 16.4. The van der Waals surface area contributed by atoms with Crippen molar-refractivity contribution in [3.05, 3.63) is 18.0 Å². The molecule has 1 aliphatic rings. The molecule has 0 radical (unpaired) electrons. The lowest BCUT2D eigenvalue weighted by Crippen LogP contribution is -2.47. The Kier molecular flexibility index (Phi) is 2.87. The van der Waals surface area contributed by atoms with Crippen LogP contribution < -0.4 is 5.32 Å². The van der Waals surface area contributed by atoms with E-state index in [2.05, 4.69) is 10.4 Å². The van der Waals surface area contributed by atoms with Gasteiger partial charge in [0.15, 0.2) is 0 Å². The molecule has 1 amide bonds. The number of hydrogen-bond acceptors (Lipinski definition) is 3. The molecule has 2 rings (SSSR count). The number of hydrogen-bond donors (Lipinski definition) is 2. The van der Waals surface area contributed by atoms with E-state index in [4.69, 9.17) is 5.11 Å². The smallest absolute Gasteiger partial charge is 0.311 e. The monoisotopic (exact) mass is 237 g/mol. The number of aliphatic carboxylic acids is 1. The Bertz CT molecular complexity index is 449. The van der Waals surface area contributed by atoms with Gasteiger partial charge in [0.1, 0.15) is 0 Å². The third-order valence-corrected chi connectivity index (χ3v) is 3.32. The highest BCUT2D eigenvalue weighted by Crippen LogP contribution is 2.40. The lowest BCUT2D eigenvalue weighted by molar-refractivity contribution is -0.153. The fraction of sp³-hybridized carbons (Fsp3) is 0.545. The summed E-state index contributed by atoms with van der Waals surface area (Å²) in [4.78, 5) is 22.8. The topological polar surface area (TPSA) is 84.2 Å². The number of nitrogens with one attached hydrogen (secondary N) is 1. The largest absolute Gasteiger partial charge is 0.481 e. The van der Waals surface area contributed by atoms with Crippen LogP contribution >= 0.6 is 0 Å². The highest BCUT2D eigenvalue weighted by Gasteiger charge is 2.44. The van der Waals surface area contributed by atoms with Crippen molar-refractivity contribution in [2.75, 3.05) is 6.54 Å². The molecule has 0 spiro atoms. The molecule has 0 aliphatic heterocycles. The molecule has 1 aromatic heterocycles. The molecule has 0 bridgehead atoms. The molecule has 17 heavy (non-hydrogen) atoms. The van der Waals surface area contributed by atoms with Gasteiger partial charge in [0.25, 0.3) is 5.91 Å². The lowest BCUT2D eigenvalue weighted by Gasteiger charge is -2.37. The molecule has 1 heterocycles. The number of carbonyl (C=O) groups excluding carboxylic acids is 1. The Balaban J connectivity index is 1.94. The fourth-order valence-corrected chi connectivity index (χ4v) is 1.96. The zero-order valence-electron chi connectivity index (χ0n) is 9.64. The molecule has 1 aliphatic carbocycles. The van der Waals surface area contributed by atoms with Crippen molar-refractivity contribution in [1.29, 1.82) is 0 Å². The van der Waals surface area contributed by atoms with Crippen molar-refractivity contribution in [2.24, 2.45) is 12.5 Å². The molecule has 6 heteroatoms. The van der Waals surface area contributed by atoms with Crippen molar-refractivity contribution < 1.29 is 14.7 Å². The molecule has 1 aromatic rings. The summed E-state index contributed by atoms with van der Waals surface area (Å²) >= 11 is 0. The van der Waals surface area contributed by atoms with Gasteiger partial charge in [-0.05, 0) is 12.8 Å². The van der Waals surface area contributed by atoms with Crippen molar-refractivity contribution in [1.82, 2.24) is 15.1 Å². The second-order valence-corrected chi connectivity index (χ2v) is 4.52. The zero-order valence-corrected chi connectivity index (χ0v) is 9.64. The summed E-state index contributed by atoms with van der Waals surface area (Å²) in [5.41, 5.74) is -0.301. The van der Waals surface area contributed by atoms with Crippen molar-refractivity contribution >= 4 is 11.9 Å². The number of carboxylic acids is 1. The number of aryl methyl sites for hydroxylation is 1. The minimum Gasteiger partial charge on any atom is -0.481 e. The number of aromatic nitrogens is 2. The zero-order chi connectivity index (χ0) is 12.5. The third kappa shape index (κ3) is 2.15. The molecule has 6 nitrogen and oxygen atoms in total. The predicted octanol–water partition coefficient (Wildman–Crippen LogP) is 0.405. The van der Waals surface area contributed by atoms with E-state index in [1.54, 1.807) is 13.2 Å². The summed E-state index contributed by atoms with van der Waals surface area (Å²) in [6.45, 7) is 0.191. The van der Waals surface area contributed by atoms with Gasteiger partial charge in [-0.1, -0.05) is 6.42 Å². The van der Waals surface area contributed by atoms with Crippen molar-refractivity contribution in [3.63, 3.8) is 0 Å². The summed E-state index contributed by atoms with van der Waals surface area (Å²) in [7, 11) is 1.72. The molecule has 2 N–H and O–H groups in total. The van der Waals surface area contributed by atoms with Gasteiger partial charge in [0.05, 0.1) is 17.2 Å². The summed E-state index contributed by atoms with van der Waals surface area (Å²) in [5.74, 6) is -1.10. The Morgan fingerprint density at radius 3 is 2.71 bits per heavy atom. The second kappa shape index (κ2) is 4.20. The van der Waals surface area contributed by atoms with E-state index < -0.39 is 11.4 Å². The maximum Gasteiger partial charge on any atom is 0.311 e. The number of carbonyl (C=O) groups is 2. The first-order valence-corrected chi connectivity index (χ1v) is 5.54. The average Bonchev–Trinajstić information content (AvgIpc) is 2.62. The van der Waals surface area contributed by atoms with Crippen LogP contribution in [0.1, 0.15) is 29.6 Å². The molecular weight excluding hydrogens is 222 g/mol. The van der Waals surface area contributed by atoms with Crippen molar-refractivity contribution in [3.8, 4) is 0 Å². The Morgan fingerprint density at radius 1 is 1.59 bits per heavy atom. The number of nitrogens with zero attached hydrogens (tertiary/aromatic N) is 2. The molecule has 0 atom stereocenters. The SMILES string of the molecule is Cn1cc(C(=O)NCC2(C(=O)O)CCC2)cn1. The molecule has 1 saturated carbocycles. The minimum absolute atomic E-state index is 0.191. The Hall–Kier alpha value is -1.85. The normalized spacial score (nSPS) is 17.2. The third-order valence-electron chi connectivity index (χ3n) is 3.32. The first kappa shape index (κ1) is 11.6. The molecule has 0 saturated heterocycles. The lowest BCUT2D eigenvalue weighted by atomic mass is 9.69. The number of carboxylic acid groups (broad SMARTS) is 1. The van der Waals surface area contributed by atoms with E-state index in [1.807, 2.05) is 0 Å². The van der Waals surface area contributed by atoms with Crippen LogP contribution in [0.4, 0.5) is 0 Å². The summed E-state index contributed by atoms with van der Waals surface area (Å²) in [6.07, 6.45) is 5.24. The predicted molar refractivity (Wildman–Crippen MR) is 59.5 cm³/mol. The van der Waals surface area contributed by atoms with E-state index in [0.29, 0.717) is 18.4 Å². The molecule has 92 valence electrons. The molecule has 0 aromatic carbocycles. The second-order valence-electron chi connectivity index (χ2n) is 4.52. The maximum atomic E-state index is 11.7. The van der Waals surface area contributed by atoms with Crippen LogP contribution in [0.3, 0.4) is 0 Å². The van der Waals surface area contributed by atoms with Crippen molar-refractivity contribution in [2.45, 2.75) is 19.3 Å². The average molecular weight is 237 g/mol. The van der Waals surface area contributed by atoms with Gasteiger partial charge in [0.2, 0.25) is 0 Å². The van der Waals surface area contributed by atoms with Crippen LogP contribution in [0.5, 0.6) is 0 Å². The van der Waals surface area contributed by atoms with E-state index in [-0.39, 0.29) is 12.5 Å². The van der Waals surface area contributed by atoms with Crippen LogP contribution in [-0.4, -0.2) is 33.3 Å². The van der Waals surface area contributed by atoms with Gasteiger partial charge < -0.3 is 10.4 Å². The summed E-state index contributed by atoms with van der Waals surface area (Å²) in [5, 5.41) is 15.7. The van der Waals surface area contributed by atoms with Gasteiger partial charge in [-0.15, -0.1) is 0 Å². The van der Waals surface area contributed by atoms with E-state index >= 15 is 0 Å².